The molecular formula is C13H23N3O4. The van der Waals surface area contributed by atoms with Gasteiger partial charge in [0.25, 0.3) is 0 Å². The van der Waals surface area contributed by atoms with Crippen molar-refractivity contribution in [1.29, 1.82) is 0 Å². The van der Waals surface area contributed by atoms with Gasteiger partial charge in [-0.1, -0.05) is 0 Å². The average molecular weight is 285 g/mol. The van der Waals surface area contributed by atoms with E-state index in [0.29, 0.717) is 38.9 Å². The molecule has 0 aliphatic carbocycles. The molecule has 114 valence electrons. The largest absolute Gasteiger partial charge is 0.481 e. The Kier molecular flexibility index (Phi) is 4.82. The summed E-state index contributed by atoms with van der Waals surface area (Å²) < 4.78 is 5.30. The molecular weight excluding hydrogens is 262 g/mol. The van der Waals surface area contributed by atoms with Crippen molar-refractivity contribution in [3.63, 3.8) is 0 Å². The van der Waals surface area contributed by atoms with Crippen LogP contribution < -0.4 is 0 Å². The molecule has 0 bridgehead atoms. The number of urea groups is 1. The minimum absolute atomic E-state index is 0.0560. The van der Waals surface area contributed by atoms with Crippen molar-refractivity contribution in [2.24, 2.45) is 0 Å². The number of ether oxygens (including phenoxy) is 1. The molecule has 1 N–H and O–H groups in total. The first-order valence-electron chi connectivity index (χ1n) is 7.04. The molecule has 0 aromatic heterocycles. The fraction of sp³-hybridized carbons (Fsp3) is 0.846. The van der Waals surface area contributed by atoms with Crippen LogP contribution in [0.4, 0.5) is 4.79 Å². The third-order valence-electron chi connectivity index (χ3n) is 4.11. The molecule has 7 heteroatoms. The molecule has 2 rings (SSSR count). The van der Waals surface area contributed by atoms with Crippen molar-refractivity contribution in [3.8, 4) is 0 Å². The number of carboxylic acids is 1. The van der Waals surface area contributed by atoms with Gasteiger partial charge < -0.3 is 24.5 Å². The molecule has 2 amide bonds. The van der Waals surface area contributed by atoms with Crippen LogP contribution in [0.1, 0.15) is 13.3 Å². The Labute approximate surface area is 119 Å². The fourth-order valence-electron chi connectivity index (χ4n) is 2.68. The molecule has 0 radical (unpaired) electrons. The minimum atomic E-state index is -0.898. The molecule has 0 spiro atoms. The number of carbonyl (C=O) groups is 2. The van der Waals surface area contributed by atoms with Crippen molar-refractivity contribution in [2.75, 3.05) is 46.4 Å². The van der Waals surface area contributed by atoms with Crippen LogP contribution in [0.15, 0.2) is 0 Å². The van der Waals surface area contributed by atoms with Crippen molar-refractivity contribution < 1.29 is 19.4 Å². The number of carboxylic acid groups (broad SMARTS) is 1. The maximum Gasteiger partial charge on any atom is 0.320 e. The van der Waals surface area contributed by atoms with Crippen LogP contribution in [0.3, 0.4) is 0 Å². The molecule has 20 heavy (non-hydrogen) atoms. The number of rotatable bonds is 2. The van der Waals surface area contributed by atoms with E-state index in [-0.39, 0.29) is 18.5 Å². The number of hydrogen-bond donors (Lipinski definition) is 1. The first-order chi connectivity index (χ1) is 9.49. The number of morpholine rings is 1. The van der Waals surface area contributed by atoms with E-state index in [4.69, 9.17) is 9.84 Å². The van der Waals surface area contributed by atoms with E-state index >= 15 is 0 Å². The van der Waals surface area contributed by atoms with Crippen LogP contribution in [0, 0.1) is 0 Å². The van der Waals surface area contributed by atoms with Gasteiger partial charge in [-0.05, 0) is 14.0 Å². The number of likely N-dealkylation sites (N-methyl/N-ethyl adjacent to an activating group) is 1. The monoisotopic (exact) mass is 285 g/mol. The first kappa shape index (κ1) is 15.1. The summed E-state index contributed by atoms with van der Waals surface area (Å²) in [7, 11) is 2.05. The van der Waals surface area contributed by atoms with Crippen molar-refractivity contribution in [2.45, 2.75) is 25.4 Å². The maximum atomic E-state index is 12.6. The number of piperazine rings is 1. The van der Waals surface area contributed by atoms with Crippen molar-refractivity contribution in [1.82, 2.24) is 14.7 Å². The smallest absolute Gasteiger partial charge is 0.320 e. The van der Waals surface area contributed by atoms with Crippen LogP contribution in [-0.2, 0) is 9.53 Å². The molecule has 2 aliphatic heterocycles. The molecule has 0 saturated carbocycles. The lowest BCUT2D eigenvalue weighted by Crippen LogP contribution is -2.59. The molecule has 0 aromatic carbocycles. The zero-order chi connectivity index (χ0) is 14.7. The fourth-order valence-corrected chi connectivity index (χ4v) is 2.68. The Bertz CT molecular complexity index is 377. The second-order valence-electron chi connectivity index (χ2n) is 5.58. The minimum Gasteiger partial charge on any atom is -0.481 e. The highest BCUT2D eigenvalue weighted by Gasteiger charge is 2.34. The van der Waals surface area contributed by atoms with Gasteiger partial charge in [0.15, 0.2) is 0 Å². The molecule has 2 fully saturated rings. The van der Waals surface area contributed by atoms with E-state index in [1.165, 1.54) is 0 Å². The Balaban J connectivity index is 2.00. The topological polar surface area (TPSA) is 73.3 Å². The Morgan fingerprint density at radius 3 is 2.70 bits per heavy atom. The van der Waals surface area contributed by atoms with E-state index in [2.05, 4.69) is 18.9 Å². The lowest BCUT2D eigenvalue weighted by atomic mass is 10.1. The number of amides is 2. The van der Waals surface area contributed by atoms with E-state index in [1.807, 2.05) is 4.90 Å². The number of hydrogen-bond acceptors (Lipinski definition) is 4. The highest BCUT2D eigenvalue weighted by Crippen LogP contribution is 2.16. The summed E-state index contributed by atoms with van der Waals surface area (Å²) in [4.78, 5) is 29.2. The maximum absolute atomic E-state index is 12.6. The van der Waals surface area contributed by atoms with Crippen LogP contribution in [0.2, 0.25) is 0 Å². The third kappa shape index (κ3) is 3.40. The third-order valence-corrected chi connectivity index (χ3v) is 4.11. The summed E-state index contributed by atoms with van der Waals surface area (Å²) in [5, 5.41) is 8.94. The average Bonchev–Trinajstić information content (AvgIpc) is 2.41. The van der Waals surface area contributed by atoms with Gasteiger partial charge in [-0.3, -0.25) is 4.79 Å². The highest BCUT2D eigenvalue weighted by atomic mass is 16.5. The zero-order valence-electron chi connectivity index (χ0n) is 12.1. The molecule has 2 atom stereocenters. The van der Waals surface area contributed by atoms with E-state index < -0.39 is 5.97 Å². The van der Waals surface area contributed by atoms with Crippen LogP contribution in [-0.4, -0.2) is 90.3 Å². The number of aliphatic carboxylic acids is 1. The van der Waals surface area contributed by atoms with Gasteiger partial charge in [-0.2, -0.15) is 0 Å². The summed E-state index contributed by atoms with van der Waals surface area (Å²) in [6, 6.07) is -0.0881. The molecule has 2 heterocycles. The Hall–Kier alpha value is -1.34. The predicted molar refractivity (Wildman–Crippen MR) is 72.6 cm³/mol. The van der Waals surface area contributed by atoms with Crippen LogP contribution >= 0.6 is 0 Å². The van der Waals surface area contributed by atoms with Crippen LogP contribution in [0.5, 0.6) is 0 Å². The summed E-state index contributed by atoms with van der Waals surface area (Å²) in [5.74, 6) is -0.898. The van der Waals surface area contributed by atoms with Crippen molar-refractivity contribution in [3.05, 3.63) is 0 Å². The Morgan fingerprint density at radius 2 is 2.05 bits per heavy atom. The second kappa shape index (κ2) is 6.41. The summed E-state index contributed by atoms with van der Waals surface area (Å²) in [6.45, 7) is 5.57. The van der Waals surface area contributed by atoms with Gasteiger partial charge in [0, 0.05) is 32.2 Å². The molecule has 2 saturated heterocycles. The van der Waals surface area contributed by atoms with Gasteiger partial charge in [0.1, 0.15) is 0 Å². The van der Waals surface area contributed by atoms with Gasteiger partial charge >= 0.3 is 12.0 Å². The van der Waals surface area contributed by atoms with Gasteiger partial charge in [0.2, 0.25) is 0 Å². The van der Waals surface area contributed by atoms with Gasteiger partial charge in [0.05, 0.1) is 25.7 Å². The van der Waals surface area contributed by atoms with Gasteiger partial charge in [-0.25, -0.2) is 4.79 Å². The van der Waals surface area contributed by atoms with Crippen LogP contribution in [0.25, 0.3) is 0 Å². The standard InChI is InChI=1S/C13H23N3O4/c1-10-8-15(4-3-14(10)2)13(19)16-5-6-20-9-11(16)7-12(17)18/h10-11H,3-9H2,1-2H3,(H,17,18). The Morgan fingerprint density at radius 1 is 1.30 bits per heavy atom. The quantitative estimate of drug-likeness (QED) is 0.768. The zero-order valence-corrected chi connectivity index (χ0v) is 12.1. The van der Waals surface area contributed by atoms with Gasteiger partial charge in [-0.15, -0.1) is 0 Å². The molecule has 7 nitrogen and oxygen atoms in total. The normalized spacial score (nSPS) is 28.5. The molecule has 0 aromatic rings. The van der Waals surface area contributed by atoms with E-state index in [1.54, 1.807) is 4.90 Å². The van der Waals surface area contributed by atoms with Crippen molar-refractivity contribution >= 4 is 12.0 Å². The second-order valence-corrected chi connectivity index (χ2v) is 5.58. The number of carbonyl (C=O) groups excluding carboxylic acids is 1. The predicted octanol–water partition coefficient (Wildman–Crippen LogP) is -0.0822. The SMILES string of the molecule is CC1CN(C(=O)N2CCOCC2CC(=O)O)CCN1C. The van der Waals surface area contributed by atoms with E-state index in [0.717, 1.165) is 6.54 Å². The van der Waals surface area contributed by atoms with E-state index in [9.17, 15) is 9.59 Å². The highest BCUT2D eigenvalue weighted by molar-refractivity contribution is 5.76. The summed E-state index contributed by atoms with van der Waals surface area (Å²) in [6.07, 6.45) is -0.0605. The molecule has 2 unspecified atom stereocenters. The first-order valence-corrected chi connectivity index (χ1v) is 7.04. The molecule has 2 aliphatic rings. The lowest BCUT2D eigenvalue weighted by Gasteiger charge is -2.43. The number of nitrogens with zero attached hydrogens (tertiary/aromatic N) is 3. The summed E-state index contributed by atoms with van der Waals surface area (Å²) >= 11 is 0. The lowest BCUT2D eigenvalue weighted by molar-refractivity contribution is -0.139. The summed E-state index contributed by atoms with van der Waals surface area (Å²) in [5.41, 5.74) is 0.